The van der Waals surface area contributed by atoms with Crippen molar-refractivity contribution in [3.05, 3.63) is 53.6 Å². The maximum Gasteiger partial charge on any atom is 0.259 e. The molecular weight excluding hydrogens is 352 g/mol. The van der Waals surface area contributed by atoms with Crippen molar-refractivity contribution in [1.82, 2.24) is 0 Å². The first-order valence-electron chi connectivity index (χ1n) is 8.48. The first-order valence-corrected chi connectivity index (χ1v) is 10.1. The van der Waals surface area contributed by atoms with E-state index in [0.29, 0.717) is 35.7 Å². The first kappa shape index (κ1) is 18.3. The van der Waals surface area contributed by atoms with Gasteiger partial charge in [-0.05, 0) is 49.6 Å². The van der Waals surface area contributed by atoms with Gasteiger partial charge >= 0.3 is 0 Å². The van der Waals surface area contributed by atoms with E-state index in [0.717, 1.165) is 12.0 Å². The molecule has 1 amide bonds. The van der Waals surface area contributed by atoms with Crippen molar-refractivity contribution in [2.75, 3.05) is 29.0 Å². The molecule has 0 aliphatic carbocycles. The van der Waals surface area contributed by atoms with Crippen LogP contribution in [0.4, 0.5) is 11.4 Å². The molecule has 1 aliphatic heterocycles. The number of aryl methyl sites for hydroxylation is 1. The highest BCUT2D eigenvalue weighted by atomic mass is 32.2. The van der Waals surface area contributed by atoms with Gasteiger partial charge in [-0.2, -0.15) is 0 Å². The topological polar surface area (TPSA) is 75.7 Å². The molecule has 0 spiro atoms. The van der Waals surface area contributed by atoms with Crippen LogP contribution in [0.5, 0.6) is 5.75 Å². The molecule has 1 fully saturated rings. The Morgan fingerprint density at radius 2 is 1.92 bits per heavy atom. The zero-order valence-corrected chi connectivity index (χ0v) is 15.7. The molecule has 0 aromatic heterocycles. The molecule has 7 heteroatoms. The minimum absolute atomic E-state index is 0.157. The average molecular weight is 374 g/mol. The van der Waals surface area contributed by atoms with Crippen molar-refractivity contribution < 1.29 is 17.9 Å². The van der Waals surface area contributed by atoms with Gasteiger partial charge in [-0.15, -0.1) is 0 Å². The van der Waals surface area contributed by atoms with Gasteiger partial charge in [0.1, 0.15) is 5.75 Å². The van der Waals surface area contributed by atoms with Crippen molar-refractivity contribution in [2.45, 2.75) is 19.8 Å². The summed E-state index contributed by atoms with van der Waals surface area (Å²) in [5, 5.41) is 2.83. The lowest BCUT2D eigenvalue weighted by molar-refractivity contribution is 0.102. The van der Waals surface area contributed by atoms with Gasteiger partial charge in [-0.25, -0.2) is 8.42 Å². The van der Waals surface area contributed by atoms with Crippen LogP contribution in [-0.2, 0) is 10.0 Å². The van der Waals surface area contributed by atoms with E-state index in [-0.39, 0.29) is 11.7 Å². The van der Waals surface area contributed by atoms with Gasteiger partial charge in [0.25, 0.3) is 5.91 Å². The number of nitrogens with zero attached hydrogens (tertiary/aromatic N) is 1. The number of nitrogens with one attached hydrogen (secondary N) is 1. The summed E-state index contributed by atoms with van der Waals surface area (Å²) >= 11 is 0. The van der Waals surface area contributed by atoms with E-state index in [1.165, 1.54) is 11.4 Å². The highest BCUT2D eigenvalue weighted by Crippen LogP contribution is 2.30. The Kier molecular flexibility index (Phi) is 5.18. The molecule has 1 N–H and O–H groups in total. The van der Waals surface area contributed by atoms with Crippen molar-refractivity contribution in [2.24, 2.45) is 0 Å². The molecule has 0 unspecified atom stereocenters. The van der Waals surface area contributed by atoms with Crippen molar-refractivity contribution >= 4 is 27.3 Å². The lowest BCUT2D eigenvalue weighted by Gasteiger charge is -2.29. The third kappa shape index (κ3) is 3.67. The molecule has 26 heavy (non-hydrogen) atoms. The fourth-order valence-electron chi connectivity index (χ4n) is 3.05. The summed E-state index contributed by atoms with van der Waals surface area (Å²) in [4.78, 5) is 12.6. The summed E-state index contributed by atoms with van der Waals surface area (Å²) in [5.41, 5.74) is 2.43. The number of para-hydroxylation sites is 1. The highest BCUT2D eigenvalue weighted by Gasteiger charge is 2.27. The van der Waals surface area contributed by atoms with Crippen LogP contribution >= 0.6 is 0 Å². The van der Waals surface area contributed by atoms with E-state index in [2.05, 4.69) is 5.32 Å². The lowest BCUT2D eigenvalue weighted by atomic mass is 10.1. The zero-order chi connectivity index (χ0) is 18.7. The maximum absolute atomic E-state index is 12.6. The van der Waals surface area contributed by atoms with E-state index in [4.69, 9.17) is 4.74 Å². The van der Waals surface area contributed by atoms with E-state index in [1.807, 2.05) is 13.0 Å². The number of carbonyl (C=O) groups is 1. The summed E-state index contributed by atoms with van der Waals surface area (Å²) in [6, 6.07) is 12.2. The van der Waals surface area contributed by atoms with Crippen LogP contribution in [0, 0.1) is 6.92 Å². The predicted octanol–water partition coefficient (Wildman–Crippen LogP) is 3.19. The normalized spacial score (nSPS) is 16.2. The van der Waals surface area contributed by atoms with Gasteiger partial charge in [0, 0.05) is 12.2 Å². The van der Waals surface area contributed by atoms with Crippen LogP contribution < -0.4 is 14.4 Å². The Bertz CT molecular complexity index is 925. The Morgan fingerprint density at radius 3 is 2.65 bits per heavy atom. The number of hydrogen-bond acceptors (Lipinski definition) is 4. The van der Waals surface area contributed by atoms with Crippen LogP contribution in [0.2, 0.25) is 0 Å². The smallest absolute Gasteiger partial charge is 0.259 e. The number of rotatable bonds is 4. The number of sulfonamides is 1. The Balaban J connectivity index is 1.89. The van der Waals surface area contributed by atoms with Gasteiger partial charge in [0.15, 0.2) is 0 Å². The molecule has 138 valence electrons. The summed E-state index contributed by atoms with van der Waals surface area (Å²) in [6.07, 6.45) is 1.51. The zero-order valence-electron chi connectivity index (χ0n) is 14.9. The molecule has 0 atom stereocenters. The number of benzene rings is 2. The molecule has 2 aromatic carbocycles. The summed E-state index contributed by atoms with van der Waals surface area (Å²) < 4.78 is 31.5. The van der Waals surface area contributed by atoms with Crippen molar-refractivity contribution in [3.8, 4) is 5.75 Å². The van der Waals surface area contributed by atoms with E-state index < -0.39 is 10.0 Å². The third-order valence-corrected chi connectivity index (χ3v) is 6.29. The third-order valence-electron chi connectivity index (χ3n) is 4.44. The van der Waals surface area contributed by atoms with Gasteiger partial charge in [0.2, 0.25) is 10.0 Å². The standard InChI is InChI=1S/C19H22N2O4S/c1-14-9-10-15(13-17(14)21-11-5-6-12-26(21,23)24)20-19(22)16-7-3-4-8-18(16)25-2/h3-4,7-10,13H,5-6,11-12H2,1-2H3,(H,20,22). The summed E-state index contributed by atoms with van der Waals surface area (Å²) in [7, 11) is -1.80. The minimum atomic E-state index is -3.31. The minimum Gasteiger partial charge on any atom is -0.496 e. The fraction of sp³-hybridized carbons (Fsp3) is 0.316. The fourth-order valence-corrected chi connectivity index (χ4v) is 4.74. The van der Waals surface area contributed by atoms with Crippen LogP contribution in [0.15, 0.2) is 42.5 Å². The number of carbonyl (C=O) groups excluding carboxylic acids is 1. The molecule has 0 bridgehead atoms. The van der Waals surface area contributed by atoms with Crippen molar-refractivity contribution in [3.63, 3.8) is 0 Å². The first-order chi connectivity index (χ1) is 12.4. The largest absolute Gasteiger partial charge is 0.496 e. The molecule has 3 rings (SSSR count). The Morgan fingerprint density at radius 1 is 1.15 bits per heavy atom. The average Bonchev–Trinajstić information content (AvgIpc) is 2.63. The second-order valence-corrected chi connectivity index (χ2v) is 8.26. The van der Waals surface area contributed by atoms with Gasteiger partial charge in [-0.3, -0.25) is 9.10 Å². The van der Waals surface area contributed by atoms with Crippen molar-refractivity contribution in [1.29, 1.82) is 0 Å². The molecule has 6 nitrogen and oxygen atoms in total. The number of anilines is 2. The molecule has 0 radical (unpaired) electrons. The van der Waals surface area contributed by atoms with Crippen LogP contribution in [0.25, 0.3) is 0 Å². The number of hydrogen-bond donors (Lipinski definition) is 1. The lowest BCUT2D eigenvalue weighted by Crippen LogP contribution is -2.38. The Hall–Kier alpha value is -2.54. The van der Waals surface area contributed by atoms with E-state index >= 15 is 0 Å². The van der Waals surface area contributed by atoms with Gasteiger partial charge < -0.3 is 10.1 Å². The van der Waals surface area contributed by atoms with Gasteiger partial charge in [-0.1, -0.05) is 18.2 Å². The number of methoxy groups -OCH3 is 1. The van der Waals surface area contributed by atoms with E-state index in [1.54, 1.807) is 36.4 Å². The Labute approximate surface area is 153 Å². The molecule has 0 saturated carbocycles. The second kappa shape index (κ2) is 7.37. The molecular formula is C19H22N2O4S. The second-order valence-electron chi connectivity index (χ2n) is 6.25. The monoisotopic (exact) mass is 374 g/mol. The molecule has 1 heterocycles. The number of amides is 1. The maximum atomic E-state index is 12.6. The van der Waals surface area contributed by atoms with Crippen LogP contribution in [0.1, 0.15) is 28.8 Å². The SMILES string of the molecule is COc1ccccc1C(=O)Nc1ccc(C)c(N2CCCCS2(=O)=O)c1. The molecule has 1 saturated heterocycles. The van der Waals surface area contributed by atoms with Crippen LogP contribution in [0.3, 0.4) is 0 Å². The summed E-state index contributed by atoms with van der Waals surface area (Å²) in [6.45, 7) is 2.33. The molecule has 1 aliphatic rings. The molecule has 2 aromatic rings. The van der Waals surface area contributed by atoms with Gasteiger partial charge in [0.05, 0.1) is 24.1 Å². The number of ether oxygens (including phenoxy) is 1. The van der Waals surface area contributed by atoms with E-state index in [9.17, 15) is 13.2 Å². The highest BCUT2D eigenvalue weighted by molar-refractivity contribution is 7.92. The summed E-state index contributed by atoms with van der Waals surface area (Å²) in [5.74, 6) is 0.333. The van der Waals surface area contributed by atoms with Crippen LogP contribution in [-0.4, -0.2) is 33.7 Å². The quantitative estimate of drug-likeness (QED) is 0.892. The predicted molar refractivity (Wildman–Crippen MR) is 102 cm³/mol.